The van der Waals surface area contributed by atoms with E-state index in [4.69, 9.17) is 9.31 Å². The van der Waals surface area contributed by atoms with Gasteiger partial charge in [-0.25, -0.2) is 0 Å². The van der Waals surface area contributed by atoms with Crippen molar-refractivity contribution in [2.75, 3.05) is 13.6 Å². The zero-order chi connectivity index (χ0) is 18.2. The first kappa shape index (κ1) is 18.0. The first-order valence-electron chi connectivity index (χ1n) is 8.66. The average molecular weight is 339 g/mol. The Kier molecular flexibility index (Phi) is 4.67. The summed E-state index contributed by atoms with van der Waals surface area (Å²) in [5, 5.41) is 15.7. The second-order valence-electron chi connectivity index (χ2n) is 7.56. The molecule has 1 saturated heterocycles. The van der Waals surface area contributed by atoms with Crippen LogP contribution in [0.1, 0.15) is 33.3 Å². The fourth-order valence-electron chi connectivity index (χ4n) is 2.99. The van der Waals surface area contributed by atoms with Crippen LogP contribution in [0.4, 0.5) is 0 Å². The Morgan fingerprint density at radius 1 is 1.08 bits per heavy atom. The van der Waals surface area contributed by atoms with Crippen LogP contribution in [0.25, 0.3) is 16.8 Å². The van der Waals surface area contributed by atoms with Crippen LogP contribution in [0.2, 0.25) is 0 Å². The Balaban J connectivity index is 2.00. The minimum atomic E-state index is -0.441. The third-order valence-electron chi connectivity index (χ3n) is 5.21. The van der Waals surface area contributed by atoms with E-state index in [0.717, 1.165) is 21.8 Å². The number of nitrogens with one attached hydrogen (secondary N) is 1. The number of benzene rings is 2. The van der Waals surface area contributed by atoms with Gasteiger partial charge in [-0.05, 0) is 45.6 Å². The molecule has 0 bridgehead atoms. The van der Waals surface area contributed by atoms with Crippen LogP contribution in [0.5, 0.6) is 5.75 Å². The summed E-state index contributed by atoms with van der Waals surface area (Å²) in [6.07, 6.45) is 1.96. The zero-order valence-corrected chi connectivity index (χ0v) is 15.6. The highest BCUT2D eigenvalue weighted by molar-refractivity contribution is 6.56. The van der Waals surface area contributed by atoms with Gasteiger partial charge in [-0.2, -0.15) is 0 Å². The molecule has 3 rings (SSSR count). The summed E-state index contributed by atoms with van der Waals surface area (Å²) in [5.41, 5.74) is 0.927. The molecule has 2 N–H and O–H groups in total. The number of fused-ring (bicyclic) bond motifs is 1. The predicted octanol–water partition coefficient (Wildman–Crippen LogP) is 3.78. The number of likely N-dealkylation sites (N-methyl/N-ethyl adjacent to an activating group) is 1. The molecule has 0 saturated carbocycles. The van der Waals surface area contributed by atoms with Crippen LogP contribution in [-0.4, -0.2) is 37.0 Å². The Morgan fingerprint density at radius 2 is 1.72 bits per heavy atom. The van der Waals surface area contributed by atoms with Gasteiger partial charge in [0, 0.05) is 17.5 Å². The van der Waals surface area contributed by atoms with Gasteiger partial charge in [-0.3, -0.25) is 0 Å². The van der Waals surface area contributed by atoms with Gasteiger partial charge < -0.3 is 19.7 Å². The molecule has 4 nitrogen and oxygen atoms in total. The average Bonchev–Trinajstić information content (AvgIpc) is 2.77. The Bertz CT molecular complexity index is 798. The van der Waals surface area contributed by atoms with Crippen molar-refractivity contribution < 1.29 is 14.4 Å². The van der Waals surface area contributed by atoms with Gasteiger partial charge in [0.05, 0.1) is 11.2 Å². The van der Waals surface area contributed by atoms with Gasteiger partial charge in [0.25, 0.3) is 0 Å². The molecule has 0 aromatic heterocycles. The number of rotatable bonds is 4. The number of hydrogen-bond acceptors (Lipinski definition) is 4. The fraction of sp³-hybridized carbons (Fsp3) is 0.400. The van der Waals surface area contributed by atoms with Crippen LogP contribution >= 0.6 is 0 Å². The maximum atomic E-state index is 10.7. The molecule has 1 fully saturated rings. The minimum absolute atomic E-state index is 0.281. The van der Waals surface area contributed by atoms with E-state index in [0.29, 0.717) is 6.54 Å². The zero-order valence-electron chi connectivity index (χ0n) is 15.6. The molecule has 132 valence electrons. The Labute approximate surface area is 150 Å². The number of aromatic hydroxyl groups is 1. The molecule has 1 aliphatic heterocycles. The molecule has 5 heteroatoms. The van der Waals surface area contributed by atoms with E-state index in [-0.39, 0.29) is 5.75 Å². The van der Waals surface area contributed by atoms with Crippen molar-refractivity contribution in [3.8, 4) is 5.75 Å². The largest absolute Gasteiger partial charge is 0.507 e. The van der Waals surface area contributed by atoms with Gasteiger partial charge in [0.2, 0.25) is 0 Å². The Morgan fingerprint density at radius 3 is 2.36 bits per heavy atom. The van der Waals surface area contributed by atoms with Gasteiger partial charge in [-0.1, -0.05) is 42.5 Å². The van der Waals surface area contributed by atoms with E-state index in [9.17, 15) is 5.11 Å². The molecule has 0 aliphatic carbocycles. The fourth-order valence-corrected chi connectivity index (χ4v) is 2.99. The van der Waals surface area contributed by atoms with Crippen LogP contribution in [0, 0.1) is 0 Å². The maximum Gasteiger partial charge on any atom is 0.491 e. The summed E-state index contributed by atoms with van der Waals surface area (Å²) >= 11 is 0. The van der Waals surface area contributed by atoms with Crippen molar-refractivity contribution in [1.29, 1.82) is 0 Å². The summed E-state index contributed by atoms with van der Waals surface area (Å²) < 4.78 is 12.3. The van der Waals surface area contributed by atoms with Gasteiger partial charge in [0.15, 0.2) is 0 Å². The molecule has 0 radical (unpaired) electrons. The summed E-state index contributed by atoms with van der Waals surface area (Å²) in [6.45, 7) is 8.77. The summed E-state index contributed by atoms with van der Waals surface area (Å²) in [7, 11) is 1.45. The highest BCUT2D eigenvalue weighted by Crippen LogP contribution is 2.39. The second kappa shape index (κ2) is 6.48. The third kappa shape index (κ3) is 3.32. The topological polar surface area (TPSA) is 50.7 Å². The molecule has 1 aliphatic rings. The van der Waals surface area contributed by atoms with Crippen LogP contribution < -0.4 is 5.32 Å². The molecule has 1 heterocycles. The number of phenolic OH excluding ortho intramolecular Hbond substituents is 1. The van der Waals surface area contributed by atoms with E-state index >= 15 is 0 Å². The standard InChI is InChI=1S/C20H26BNO3/c1-19(2)20(3,4)25-21(24-19)16(13-22-5)12-15-11-10-14-8-6-7-9-17(14)18(15)23/h6-12,22-23H,13H2,1-5H3. The van der Waals surface area contributed by atoms with Crippen LogP contribution in [0.3, 0.4) is 0 Å². The molecule has 0 atom stereocenters. The molecular formula is C20H26BNO3. The molecule has 0 unspecified atom stereocenters. The minimum Gasteiger partial charge on any atom is -0.507 e. The SMILES string of the molecule is CNCC(=Cc1ccc2ccccc2c1O)B1OC(C)(C)C(C)(C)O1. The highest BCUT2D eigenvalue weighted by Gasteiger charge is 2.52. The van der Waals surface area contributed by atoms with E-state index in [1.165, 1.54) is 0 Å². The quantitative estimate of drug-likeness (QED) is 0.833. The second-order valence-corrected chi connectivity index (χ2v) is 7.56. The van der Waals surface area contributed by atoms with Crippen molar-refractivity contribution >= 4 is 24.0 Å². The van der Waals surface area contributed by atoms with Gasteiger partial charge in [-0.15, -0.1) is 0 Å². The van der Waals surface area contributed by atoms with Crippen molar-refractivity contribution in [1.82, 2.24) is 5.32 Å². The summed E-state index contributed by atoms with van der Waals surface area (Å²) in [6, 6.07) is 11.8. The lowest BCUT2D eigenvalue weighted by atomic mass is 9.77. The third-order valence-corrected chi connectivity index (χ3v) is 5.21. The van der Waals surface area contributed by atoms with E-state index in [2.05, 4.69) is 5.32 Å². The molecule has 25 heavy (non-hydrogen) atoms. The summed E-state index contributed by atoms with van der Waals surface area (Å²) in [5.74, 6) is 0.281. The van der Waals surface area contributed by atoms with Crippen LogP contribution in [0.15, 0.2) is 41.9 Å². The number of phenols is 1. The Hall–Kier alpha value is -1.82. The predicted molar refractivity (Wildman–Crippen MR) is 104 cm³/mol. The molecule has 0 amide bonds. The monoisotopic (exact) mass is 339 g/mol. The normalized spacial score (nSPS) is 19.6. The number of hydrogen-bond donors (Lipinski definition) is 2. The smallest absolute Gasteiger partial charge is 0.491 e. The first-order valence-corrected chi connectivity index (χ1v) is 8.66. The van der Waals surface area contributed by atoms with Crippen molar-refractivity contribution in [3.05, 3.63) is 47.4 Å². The molecule has 2 aromatic carbocycles. The maximum absolute atomic E-state index is 10.7. The van der Waals surface area contributed by atoms with Gasteiger partial charge in [0.1, 0.15) is 5.75 Å². The van der Waals surface area contributed by atoms with Crippen molar-refractivity contribution in [2.45, 2.75) is 38.9 Å². The van der Waals surface area contributed by atoms with Crippen molar-refractivity contribution in [3.63, 3.8) is 0 Å². The van der Waals surface area contributed by atoms with E-state index in [1.54, 1.807) is 0 Å². The summed E-state index contributed by atoms with van der Waals surface area (Å²) in [4.78, 5) is 0. The van der Waals surface area contributed by atoms with Crippen molar-refractivity contribution in [2.24, 2.45) is 0 Å². The highest BCUT2D eigenvalue weighted by atomic mass is 16.7. The van der Waals surface area contributed by atoms with Gasteiger partial charge >= 0.3 is 7.12 Å². The first-order chi connectivity index (χ1) is 11.7. The lowest BCUT2D eigenvalue weighted by molar-refractivity contribution is 0.00578. The lowest BCUT2D eigenvalue weighted by Crippen LogP contribution is -2.41. The molecule has 0 spiro atoms. The van der Waals surface area contributed by atoms with E-state index in [1.807, 2.05) is 77.2 Å². The lowest BCUT2D eigenvalue weighted by Gasteiger charge is -2.32. The molecular weight excluding hydrogens is 313 g/mol. The van der Waals surface area contributed by atoms with E-state index < -0.39 is 18.3 Å². The molecule has 2 aromatic rings. The van der Waals surface area contributed by atoms with Crippen LogP contribution in [-0.2, 0) is 9.31 Å².